The standard InChI is InChI=1S/C83H131N13O17S/c1-14-17-25-64(89-79(104)72(54(4)5)90-68(98)34-44-111-46-47-112-45-36-85-67(97)33-39-96-69(99)50-63(81(96)106)59-27-28-59)78(103)87-61-31-29-60(30-32-61)76(82(107)93-42-40-91(10)41-43-93)113-83(108)92(11)73(55(6)7)80(105)86-52-71(101)95(37-18-15-2)74(56(8)16-3)66(109-12)51-70(100)94-38-22-26-65(94)75(110-13)57(9)77(102)88-62(53-114-48-35-84)49-58-23-20-19-21-24-58/h19-21,23-24,29-32,35,48,54-57,59,62-66,72-76H,14-18,22,25-28,33-34,36-47,49-53,84H2,1-13H3,(H,85,97)(H,86,105)(H,87,103)(H,88,102)(H,89,104)(H,90,98)/b48-35-/t56-,57+,62-,63?,64-,65-,66+,72-,73-,74-,75+,76?/m0/s1. The van der Waals surface area contributed by atoms with Gasteiger partial charge in [-0.05, 0) is 98.8 Å². The van der Waals surface area contributed by atoms with E-state index in [4.69, 9.17) is 29.4 Å². The lowest BCUT2D eigenvalue weighted by Gasteiger charge is -2.41. The van der Waals surface area contributed by atoms with E-state index in [2.05, 4.69) is 36.8 Å². The molecule has 12 amide bonds. The number of unbranched alkanes of at least 4 members (excludes halogenated alkanes) is 2. The Bertz CT molecular complexity index is 3450. The fraction of sp³-hybridized carbons (Fsp3) is 0.687. The van der Waals surface area contributed by atoms with Crippen molar-refractivity contribution in [3.8, 4) is 0 Å². The molecule has 6 rings (SSSR count). The number of benzene rings is 2. The summed E-state index contributed by atoms with van der Waals surface area (Å²) in [6.07, 6.45) is 5.04. The molecule has 2 aromatic carbocycles. The van der Waals surface area contributed by atoms with Crippen LogP contribution in [-0.2, 0) is 82.8 Å². The molecule has 0 bridgehead atoms. The Morgan fingerprint density at radius 1 is 0.728 bits per heavy atom. The second kappa shape index (κ2) is 49.0. The van der Waals surface area contributed by atoms with E-state index in [0.717, 1.165) is 29.7 Å². The van der Waals surface area contributed by atoms with Gasteiger partial charge < -0.3 is 80.9 Å². The molecule has 114 heavy (non-hydrogen) atoms. The molecule has 2 unspecified atom stereocenters. The van der Waals surface area contributed by atoms with Crippen molar-refractivity contribution in [1.82, 2.24) is 56.0 Å². The van der Waals surface area contributed by atoms with Crippen LogP contribution in [-0.4, -0.2) is 268 Å². The molecule has 1 aliphatic carbocycles. The number of hydrogen-bond acceptors (Lipinski definition) is 20. The Morgan fingerprint density at radius 3 is 2.04 bits per heavy atom. The monoisotopic (exact) mass is 1610 g/mol. The van der Waals surface area contributed by atoms with Crippen LogP contribution < -0.4 is 37.6 Å². The van der Waals surface area contributed by atoms with E-state index < -0.39 is 108 Å². The predicted octanol–water partition coefficient (Wildman–Crippen LogP) is 6.16. The van der Waals surface area contributed by atoms with Gasteiger partial charge in [-0.25, -0.2) is 4.79 Å². The molecule has 0 spiro atoms. The van der Waals surface area contributed by atoms with Crippen LogP contribution in [0.3, 0.4) is 0 Å². The number of likely N-dealkylation sites (tertiary alicyclic amines) is 2. The van der Waals surface area contributed by atoms with Crippen LogP contribution in [0.4, 0.5) is 10.5 Å². The first-order valence-electron chi connectivity index (χ1n) is 41.0. The van der Waals surface area contributed by atoms with Crippen molar-refractivity contribution >= 4 is 88.5 Å². The number of carbonyl (C=O) groups excluding carboxylic acids is 12. The van der Waals surface area contributed by atoms with Gasteiger partial charge in [0.2, 0.25) is 65.2 Å². The van der Waals surface area contributed by atoms with Crippen molar-refractivity contribution in [3.05, 3.63) is 77.3 Å². The predicted molar refractivity (Wildman–Crippen MR) is 435 cm³/mol. The molecule has 636 valence electrons. The van der Waals surface area contributed by atoms with Gasteiger partial charge in [0.15, 0.2) is 0 Å². The van der Waals surface area contributed by atoms with Crippen molar-refractivity contribution in [2.75, 3.05) is 125 Å². The minimum absolute atomic E-state index is 0.00778. The zero-order valence-electron chi connectivity index (χ0n) is 69.6. The SMILES string of the molecule is CCCC[C@H](NC(=O)[C@@H](NC(=O)CCOCCOCCNC(=O)CCN1C(=O)CC(C2CC2)C1=O)C(C)C)C(=O)Nc1ccc(C(OC(=O)N(C)[C@H](C(=O)NCC(=O)N(CCCC)[C@@H]([C@@H](C)CC)[C@@H](CC(=O)N2CCC[C@H]2[C@H](OC)[C@@H](C)C(=O)N[C@H](CS/C=C\N)Cc2ccccc2)OC)C(C)C)C(=O)N2CCN(C)CC2)cc1. The fourth-order valence-corrected chi connectivity index (χ4v) is 15.7. The number of imide groups is 1. The Balaban J connectivity index is 1.04. The summed E-state index contributed by atoms with van der Waals surface area (Å²) >= 11 is 1.50. The van der Waals surface area contributed by atoms with Crippen molar-refractivity contribution in [1.29, 1.82) is 0 Å². The molecule has 8 N–H and O–H groups in total. The number of nitrogens with one attached hydrogen (secondary N) is 6. The van der Waals surface area contributed by atoms with Gasteiger partial charge in [0.25, 0.3) is 5.91 Å². The Kier molecular flexibility index (Phi) is 40.7. The second-order valence-corrected chi connectivity index (χ2v) is 32.2. The van der Waals surface area contributed by atoms with Crippen LogP contribution in [0, 0.1) is 35.5 Å². The molecular weight excluding hydrogens is 1480 g/mol. The van der Waals surface area contributed by atoms with Crippen molar-refractivity contribution in [2.24, 2.45) is 41.2 Å². The van der Waals surface area contributed by atoms with Crippen molar-refractivity contribution < 1.29 is 81.2 Å². The average Bonchev–Trinajstić information content (AvgIpc) is 1.61. The lowest BCUT2D eigenvalue weighted by Crippen LogP contribution is -2.57. The summed E-state index contributed by atoms with van der Waals surface area (Å²) in [5, 5.41) is 19.1. The van der Waals surface area contributed by atoms with Gasteiger partial charge in [-0.1, -0.05) is 130 Å². The smallest absolute Gasteiger partial charge is 0.411 e. The first kappa shape index (κ1) is 94.6. The highest BCUT2D eigenvalue weighted by atomic mass is 32.2. The summed E-state index contributed by atoms with van der Waals surface area (Å²) in [4.78, 5) is 176. The molecule has 2 aromatic rings. The summed E-state index contributed by atoms with van der Waals surface area (Å²) in [5.74, 6) is -5.28. The number of likely N-dealkylation sites (N-methyl/N-ethyl adjacent to an activating group) is 2. The first-order valence-corrected chi connectivity index (χ1v) is 42.1. The van der Waals surface area contributed by atoms with Gasteiger partial charge in [-0.2, -0.15) is 0 Å². The Labute approximate surface area is 679 Å². The maximum absolute atomic E-state index is 14.9. The number of anilines is 1. The summed E-state index contributed by atoms with van der Waals surface area (Å²) in [7, 11) is 6.43. The third kappa shape index (κ3) is 29.2. The third-order valence-corrected chi connectivity index (χ3v) is 22.9. The summed E-state index contributed by atoms with van der Waals surface area (Å²) in [6, 6.07) is 11.7. The molecule has 1 saturated carbocycles. The molecule has 4 aliphatic rings. The first-order chi connectivity index (χ1) is 54.6. The Morgan fingerprint density at radius 2 is 1.41 bits per heavy atom. The highest BCUT2D eigenvalue weighted by molar-refractivity contribution is 8.02. The molecule has 12 atom stereocenters. The number of amides is 12. The normalized spacial score (nSPS) is 18.6. The number of methoxy groups -OCH3 is 2. The van der Waals surface area contributed by atoms with Crippen molar-refractivity contribution in [3.63, 3.8) is 0 Å². The van der Waals surface area contributed by atoms with E-state index in [9.17, 15) is 57.5 Å². The second-order valence-electron chi connectivity index (χ2n) is 31.3. The highest BCUT2D eigenvalue weighted by Gasteiger charge is 2.47. The zero-order chi connectivity index (χ0) is 83.6. The summed E-state index contributed by atoms with van der Waals surface area (Å²) in [6.45, 7) is 19.8. The minimum Gasteiger partial charge on any atom is -0.431 e. The largest absolute Gasteiger partial charge is 0.431 e. The third-order valence-electron chi connectivity index (χ3n) is 22.0. The molecular formula is C83H131N13O17S. The molecule has 31 heteroatoms. The lowest BCUT2D eigenvalue weighted by molar-refractivity contribution is -0.147. The van der Waals surface area contributed by atoms with E-state index >= 15 is 0 Å². The molecule has 4 fully saturated rings. The van der Waals surface area contributed by atoms with Crippen LogP contribution in [0.25, 0.3) is 0 Å². The average molecular weight is 1620 g/mol. The van der Waals surface area contributed by atoms with Gasteiger partial charge in [0, 0.05) is 122 Å². The number of nitrogens with two attached hydrogens (primary N) is 1. The minimum atomic E-state index is -1.50. The van der Waals surface area contributed by atoms with Gasteiger partial charge >= 0.3 is 6.09 Å². The van der Waals surface area contributed by atoms with E-state index in [1.54, 1.807) is 79.2 Å². The molecule has 30 nitrogen and oxygen atoms in total. The topological polar surface area (TPSA) is 369 Å². The number of thioether (sulfide) groups is 1. The van der Waals surface area contributed by atoms with Crippen LogP contribution >= 0.6 is 11.8 Å². The summed E-state index contributed by atoms with van der Waals surface area (Å²) < 4.78 is 29.6. The zero-order valence-corrected chi connectivity index (χ0v) is 70.4. The molecule has 3 saturated heterocycles. The molecule has 3 heterocycles. The van der Waals surface area contributed by atoms with Crippen LogP contribution in [0.15, 0.2) is 66.2 Å². The van der Waals surface area contributed by atoms with Gasteiger partial charge in [-0.3, -0.25) is 62.5 Å². The molecule has 0 radical (unpaired) electrons. The van der Waals surface area contributed by atoms with E-state index in [-0.39, 0.29) is 136 Å². The van der Waals surface area contributed by atoms with Gasteiger partial charge in [0.05, 0.1) is 75.5 Å². The van der Waals surface area contributed by atoms with Gasteiger partial charge in [0.1, 0.15) is 18.1 Å². The highest BCUT2D eigenvalue weighted by Crippen LogP contribution is 2.42. The lowest BCUT2D eigenvalue weighted by atomic mass is 9.89. The Hall–Kier alpha value is -8.23. The number of carbonyl (C=O) groups is 12. The number of rotatable bonds is 50. The molecule has 0 aromatic heterocycles. The summed E-state index contributed by atoms with van der Waals surface area (Å²) in [5.41, 5.74) is 7.30. The van der Waals surface area contributed by atoms with E-state index in [1.807, 2.05) is 72.0 Å². The number of piperazine rings is 1. The quantitative estimate of drug-likeness (QED) is 0.0288. The van der Waals surface area contributed by atoms with Crippen LogP contribution in [0.2, 0.25) is 0 Å². The van der Waals surface area contributed by atoms with Crippen molar-refractivity contribution in [2.45, 2.75) is 213 Å². The van der Waals surface area contributed by atoms with E-state index in [1.165, 1.54) is 37.0 Å². The van der Waals surface area contributed by atoms with Crippen LogP contribution in [0.5, 0.6) is 0 Å². The number of nitrogens with zero attached hydrogens (tertiary/aromatic N) is 6. The maximum Gasteiger partial charge on any atom is 0.411 e. The number of hydrogen-bond donors (Lipinski definition) is 7. The fourth-order valence-electron chi connectivity index (χ4n) is 15.0. The molecule has 3 aliphatic heterocycles. The van der Waals surface area contributed by atoms with Gasteiger partial charge in [-0.15, -0.1) is 11.8 Å². The maximum atomic E-state index is 14.9. The van der Waals surface area contributed by atoms with Crippen LogP contribution in [0.1, 0.15) is 169 Å². The van der Waals surface area contributed by atoms with E-state index in [0.29, 0.717) is 95.7 Å². The number of ether oxygens (including phenoxy) is 5.